The molecule has 0 aliphatic rings. The number of methoxy groups -OCH3 is 1. The Morgan fingerprint density at radius 2 is 1.74 bits per heavy atom. The number of fused-ring (bicyclic) bond motifs is 1. The molecule has 1 N–H and O–H groups in total. The van der Waals surface area contributed by atoms with Gasteiger partial charge in [-0.15, -0.1) is 0 Å². The third-order valence-electron chi connectivity index (χ3n) is 6.51. The largest absolute Gasteiger partial charge is 0.413 e. The number of carbonyl (C=O) groups excluding carboxylic acids is 1. The van der Waals surface area contributed by atoms with Crippen molar-refractivity contribution in [2.24, 2.45) is 5.92 Å². The Labute approximate surface area is 228 Å². The minimum Gasteiger partial charge on any atom is -0.371 e. The molecule has 0 aliphatic heterocycles. The molecular weight excluding hydrogens is 539 g/mol. The number of hydrogen-bond acceptors (Lipinski definition) is 6. The molecule has 0 spiro atoms. The molecule has 1 amide bonds. The quantitative estimate of drug-likeness (QED) is 0.223. The molecule has 3 aromatic rings. The van der Waals surface area contributed by atoms with Crippen LogP contribution >= 0.6 is 11.3 Å². The second-order valence-electron chi connectivity index (χ2n) is 9.38. The maximum Gasteiger partial charge on any atom is 0.413 e. The van der Waals surface area contributed by atoms with E-state index in [1.165, 1.54) is 56.0 Å². The molecule has 214 valence electrons. The molecule has 2 heterocycles. The Balaban J connectivity index is 1.95. The van der Waals surface area contributed by atoms with Crippen molar-refractivity contribution in [3.8, 4) is 0 Å². The smallest absolute Gasteiger partial charge is 0.371 e. The summed E-state index contributed by atoms with van der Waals surface area (Å²) in [7, 11) is 2.35. The van der Waals surface area contributed by atoms with Crippen LogP contribution in [0.2, 0.25) is 0 Å². The van der Waals surface area contributed by atoms with E-state index in [0.29, 0.717) is 41.2 Å². The predicted octanol–water partition coefficient (Wildman–Crippen LogP) is 7.97. The fourth-order valence-corrected chi connectivity index (χ4v) is 5.55. The van der Waals surface area contributed by atoms with E-state index in [-0.39, 0.29) is 22.3 Å². The third kappa shape index (κ3) is 7.02. The number of aromatic nitrogens is 2. The van der Waals surface area contributed by atoms with Crippen LogP contribution in [0, 0.1) is 12.8 Å². The van der Waals surface area contributed by atoms with Crippen molar-refractivity contribution in [3.63, 3.8) is 0 Å². The molecule has 6 nitrogen and oxygen atoms in total. The van der Waals surface area contributed by atoms with Gasteiger partial charge in [0.15, 0.2) is 6.04 Å². The monoisotopic (exact) mass is 572 g/mol. The average Bonchev–Trinajstić information content (AvgIpc) is 3.25. The molecule has 0 radical (unpaired) electrons. The number of alkyl halides is 5. The topological polar surface area (TPSA) is 67.4 Å². The summed E-state index contributed by atoms with van der Waals surface area (Å²) >= 11 is 1.25. The highest BCUT2D eigenvalue weighted by molar-refractivity contribution is 7.18. The highest BCUT2D eigenvalue weighted by Crippen LogP contribution is 2.40. The van der Waals surface area contributed by atoms with Gasteiger partial charge in [0, 0.05) is 31.3 Å². The summed E-state index contributed by atoms with van der Waals surface area (Å²) in [6.45, 7) is 5.53. The van der Waals surface area contributed by atoms with Gasteiger partial charge in [0.1, 0.15) is 16.5 Å². The van der Waals surface area contributed by atoms with Crippen LogP contribution in [0.1, 0.15) is 67.8 Å². The van der Waals surface area contributed by atoms with Crippen LogP contribution in [0.5, 0.6) is 0 Å². The molecule has 0 fully saturated rings. The highest BCUT2D eigenvalue weighted by atomic mass is 32.1. The van der Waals surface area contributed by atoms with Gasteiger partial charge in [-0.2, -0.15) is 13.2 Å². The highest BCUT2D eigenvalue weighted by Gasteiger charge is 2.46. The maximum absolute atomic E-state index is 14.2. The second kappa shape index (κ2) is 13.0. The van der Waals surface area contributed by atoms with Crippen LogP contribution < -0.4 is 5.32 Å². The van der Waals surface area contributed by atoms with Crippen LogP contribution in [0.15, 0.2) is 30.5 Å². The molecule has 1 unspecified atom stereocenters. The van der Waals surface area contributed by atoms with Crippen molar-refractivity contribution in [1.82, 2.24) is 14.9 Å². The standard InChI is InChI=1S/C27H33F5N4O2S/c1-6-8-17(9-7-2)26(37)36(4)23(27(30,31)32)16-10-12-18(13-11-16)35-19-14-33-25-21(34-15(3)39-25)20(19)22(38-5)24(28)29/h10-14,17,22-24,35H,6-9H2,1-5H3/t22?,23-/m0/s1. The molecule has 0 saturated heterocycles. The number of nitrogens with zero attached hydrogens (tertiary/aromatic N) is 3. The Morgan fingerprint density at radius 3 is 2.26 bits per heavy atom. The number of hydrogen-bond donors (Lipinski definition) is 1. The molecule has 0 bridgehead atoms. The lowest BCUT2D eigenvalue weighted by Gasteiger charge is -2.33. The number of anilines is 2. The summed E-state index contributed by atoms with van der Waals surface area (Å²) in [4.78, 5) is 22.9. The number of halogens is 5. The van der Waals surface area contributed by atoms with E-state index in [4.69, 9.17) is 4.74 Å². The van der Waals surface area contributed by atoms with Crippen molar-refractivity contribution in [2.45, 2.75) is 71.2 Å². The van der Waals surface area contributed by atoms with Crippen molar-refractivity contribution in [3.05, 3.63) is 46.6 Å². The van der Waals surface area contributed by atoms with Gasteiger partial charge in [-0.25, -0.2) is 18.7 Å². The average molecular weight is 573 g/mol. The Morgan fingerprint density at radius 1 is 1.13 bits per heavy atom. The van der Waals surface area contributed by atoms with Crippen molar-refractivity contribution >= 4 is 39.0 Å². The zero-order valence-corrected chi connectivity index (χ0v) is 23.3. The number of amides is 1. The Bertz CT molecular complexity index is 1240. The van der Waals surface area contributed by atoms with Crippen LogP contribution in [0.3, 0.4) is 0 Å². The lowest BCUT2D eigenvalue weighted by atomic mass is 9.95. The molecule has 39 heavy (non-hydrogen) atoms. The summed E-state index contributed by atoms with van der Waals surface area (Å²) in [5.41, 5.74) is 0.831. The van der Waals surface area contributed by atoms with Gasteiger partial charge in [-0.1, -0.05) is 50.2 Å². The van der Waals surface area contributed by atoms with E-state index in [9.17, 15) is 26.7 Å². The molecule has 0 aliphatic carbocycles. The van der Waals surface area contributed by atoms with Crippen LogP contribution in [0.25, 0.3) is 10.3 Å². The van der Waals surface area contributed by atoms with Crippen molar-refractivity contribution < 1.29 is 31.5 Å². The first-order valence-corrected chi connectivity index (χ1v) is 13.5. The van der Waals surface area contributed by atoms with E-state index < -0.39 is 36.6 Å². The normalized spacial score (nSPS) is 13.7. The molecule has 2 aromatic heterocycles. The first-order valence-electron chi connectivity index (χ1n) is 12.7. The molecular formula is C27H33F5N4O2S. The summed E-state index contributed by atoms with van der Waals surface area (Å²) in [5.74, 6) is -1.02. The van der Waals surface area contributed by atoms with Crippen LogP contribution in [0.4, 0.5) is 33.3 Å². The van der Waals surface area contributed by atoms with E-state index in [1.807, 2.05) is 13.8 Å². The number of aryl methyl sites for hydroxylation is 1. The zero-order valence-electron chi connectivity index (χ0n) is 22.5. The summed E-state index contributed by atoms with van der Waals surface area (Å²) in [6, 6.07) is 3.24. The molecule has 2 atom stereocenters. The number of ether oxygens (including phenoxy) is 1. The number of nitrogens with one attached hydrogen (secondary N) is 1. The Hall–Kier alpha value is -2.86. The number of rotatable bonds is 12. The number of benzene rings is 1. The number of carbonyl (C=O) groups is 1. The van der Waals surface area contributed by atoms with Gasteiger partial charge in [0.05, 0.1) is 16.9 Å². The molecule has 3 rings (SSSR count). The van der Waals surface area contributed by atoms with Gasteiger partial charge in [-0.05, 0) is 37.5 Å². The fraction of sp³-hybridized carbons (Fsp3) is 0.519. The molecule has 1 aromatic carbocycles. The summed E-state index contributed by atoms with van der Waals surface area (Å²) < 4.78 is 75.4. The number of pyridine rings is 1. The maximum atomic E-state index is 14.2. The second-order valence-corrected chi connectivity index (χ2v) is 10.6. The van der Waals surface area contributed by atoms with E-state index in [1.54, 1.807) is 6.92 Å². The van der Waals surface area contributed by atoms with Crippen LogP contribution in [-0.4, -0.2) is 47.5 Å². The van der Waals surface area contributed by atoms with Gasteiger partial charge < -0.3 is 15.0 Å². The van der Waals surface area contributed by atoms with Crippen LogP contribution in [-0.2, 0) is 9.53 Å². The predicted molar refractivity (Wildman–Crippen MR) is 143 cm³/mol. The number of thiazole rings is 1. The lowest BCUT2D eigenvalue weighted by molar-refractivity contribution is -0.190. The van der Waals surface area contributed by atoms with Crippen molar-refractivity contribution in [2.75, 3.05) is 19.5 Å². The SMILES string of the molecule is CCCC(CCC)C(=O)N(C)[C@@H](c1ccc(Nc2cnc3sc(C)nc3c2C(OC)C(F)F)cc1)C(F)(F)F. The van der Waals surface area contributed by atoms with E-state index in [2.05, 4.69) is 15.3 Å². The first kappa shape index (κ1) is 30.7. The minimum atomic E-state index is -4.70. The van der Waals surface area contributed by atoms with E-state index in [0.717, 1.165) is 4.90 Å². The van der Waals surface area contributed by atoms with Gasteiger partial charge in [-0.3, -0.25) is 4.79 Å². The molecule has 12 heteroatoms. The lowest BCUT2D eigenvalue weighted by Crippen LogP contribution is -2.42. The van der Waals surface area contributed by atoms with Gasteiger partial charge in [0.25, 0.3) is 6.43 Å². The molecule has 0 saturated carbocycles. The zero-order chi connectivity index (χ0) is 28.9. The summed E-state index contributed by atoms with van der Waals surface area (Å²) in [5, 5.41) is 3.62. The van der Waals surface area contributed by atoms with E-state index >= 15 is 0 Å². The first-order chi connectivity index (χ1) is 18.4. The van der Waals surface area contributed by atoms with Gasteiger partial charge >= 0.3 is 6.18 Å². The third-order valence-corrected chi connectivity index (χ3v) is 7.39. The Kier molecular flexibility index (Phi) is 10.2. The summed E-state index contributed by atoms with van der Waals surface area (Å²) in [6.07, 6.45) is -5.34. The van der Waals surface area contributed by atoms with Gasteiger partial charge in [0.2, 0.25) is 5.91 Å². The van der Waals surface area contributed by atoms with Crippen molar-refractivity contribution in [1.29, 1.82) is 0 Å². The minimum absolute atomic E-state index is 0.109. The fourth-order valence-electron chi connectivity index (χ4n) is 4.77.